The quantitative estimate of drug-likeness (QED) is 0.150. The molecule has 1 N–H and O–H groups in total. The molecule has 1 aliphatic rings. The largest absolute Gasteiger partial charge is 0.416 e. The number of halogens is 6. The molecule has 29 heavy (non-hydrogen) atoms. The van der Waals surface area contributed by atoms with E-state index in [9.17, 15) is 36.5 Å². The highest BCUT2D eigenvalue weighted by Gasteiger charge is 2.37. The van der Waals surface area contributed by atoms with Gasteiger partial charge in [-0.05, 0) is 37.0 Å². The number of nitrogens with zero attached hydrogens (tertiary/aromatic N) is 2. The van der Waals surface area contributed by atoms with E-state index < -0.39 is 40.6 Å². The summed E-state index contributed by atoms with van der Waals surface area (Å²) in [5, 5.41) is 13.1. The van der Waals surface area contributed by atoms with Crippen LogP contribution in [-0.2, 0) is 12.4 Å². The first-order valence-corrected chi connectivity index (χ1v) is 9.17. The van der Waals surface area contributed by atoms with Crippen LogP contribution in [-0.4, -0.2) is 23.8 Å². The van der Waals surface area contributed by atoms with Crippen LogP contribution in [0.4, 0.5) is 32.0 Å². The molecule has 0 aromatic heterocycles. The van der Waals surface area contributed by atoms with Crippen LogP contribution in [0.1, 0.15) is 49.7 Å². The number of alkyl halides is 6. The number of rotatable bonds is 7. The van der Waals surface area contributed by atoms with Crippen molar-refractivity contribution >= 4 is 11.5 Å². The molecule has 162 valence electrons. The minimum atomic E-state index is -5.00. The highest BCUT2D eigenvalue weighted by molar-refractivity contribution is 5.96. The molecule has 0 amide bonds. The second kappa shape index (κ2) is 9.45. The summed E-state index contributed by atoms with van der Waals surface area (Å²) < 4.78 is 77.7. The third-order valence-electron chi connectivity index (χ3n) is 4.70. The smallest absolute Gasteiger partial charge is 0.338 e. The summed E-state index contributed by atoms with van der Waals surface area (Å²) in [6.07, 6.45) is -3.90. The van der Waals surface area contributed by atoms with Crippen molar-refractivity contribution in [2.75, 3.05) is 18.4 Å². The maximum Gasteiger partial charge on any atom is 0.416 e. The van der Waals surface area contributed by atoms with E-state index in [1.54, 1.807) is 0 Å². The van der Waals surface area contributed by atoms with E-state index in [-0.39, 0.29) is 18.4 Å². The number of hydrogen-bond acceptors (Lipinski definition) is 3. The molecule has 0 unspecified atom stereocenters. The Kier molecular flexibility index (Phi) is 7.48. The lowest BCUT2D eigenvalue weighted by atomic mass is 10.0. The molecular weight excluding hydrogens is 404 g/mol. The highest BCUT2D eigenvalue weighted by atomic mass is 19.4. The van der Waals surface area contributed by atoms with Crippen molar-refractivity contribution in [3.05, 3.63) is 39.4 Å². The van der Waals surface area contributed by atoms with Crippen LogP contribution >= 0.6 is 0 Å². The first-order chi connectivity index (χ1) is 13.4. The standard InChI is InChI=1S/C18H21F6N3O2/c19-17(20,21)13-8-14(18(22,23)24)10-15(9-13)26-16(11-27(28)29)25-7-3-6-12-4-1-2-5-12/h8-10,12H,1-7,11H2,(H,25,26). The summed E-state index contributed by atoms with van der Waals surface area (Å²) in [5.74, 6) is 0.295. The topological polar surface area (TPSA) is 67.5 Å². The van der Waals surface area contributed by atoms with E-state index >= 15 is 0 Å². The van der Waals surface area contributed by atoms with Crippen LogP contribution in [0.25, 0.3) is 0 Å². The molecule has 1 saturated carbocycles. The zero-order valence-electron chi connectivity index (χ0n) is 15.4. The van der Waals surface area contributed by atoms with Gasteiger partial charge in [0.2, 0.25) is 0 Å². The fourth-order valence-corrected chi connectivity index (χ4v) is 3.34. The summed E-state index contributed by atoms with van der Waals surface area (Å²) in [7, 11) is 0. The summed E-state index contributed by atoms with van der Waals surface area (Å²) >= 11 is 0. The summed E-state index contributed by atoms with van der Waals surface area (Å²) in [6.45, 7) is -0.626. The van der Waals surface area contributed by atoms with Crippen LogP contribution in [0.15, 0.2) is 23.2 Å². The van der Waals surface area contributed by atoms with Crippen molar-refractivity contribution in [3.8, 4) is 0 Å². The third-order valence-corrected chi connectivity index (χ3v) is 4.70. The fraction of sp³-hybridized carbons (Fsp3) is 0.611. The van der Waals surface area contributed by atoms with Crippen molar-refractivity contribution in [1.82, 2.24) is 0 Å². The molecule has 1 aromatic rings. The van der Waals surface area contributed by atoms with Gasteiger partial charge in [0.15, 0.2) is 5.84 Å². The van der Waals surface area contributed by atoms with Gasteiger partial charge in [0.25, 0.3) is 6.54 Å². The van der Waals surface area contributed by atoms with Gasteiger partial charge in [0.05, 0.1) is 11.1 Å². The van der Waals surface area contributed by atoms with Gasteiger partial charge >= 0.3 is 12.4 Å². The van der Waals surface area contributed by atoms with Gasteiger partial charge in [-0.2, -0.15) is 26.3 Å². The fourth-order valence-electron chi connectivity index (χ4n) is 3.34. The van der Waals surface area contributed by atoms with Crippen molar-refractivity contribution in [2.45, 2.75) is 50.9 Å². The van der Waals surface area contributed by atoms with E-state index in [0.29, 0.717) is 24.5 Å². The summed E-state index contributed by atoms with van der Waals surface area (Å²) in [4.78, 5) is 14.1. The average Bonchev–Trinajstić information content (AvgIpc) is 3.09. The molecule has 5 nitrogen and oxygen atoms in total. The van der Waals surface area contributed by atoms with Gasteiger partial charge in [0.1, 0.15) is 0 Å². The van der Waals surface area contributed by atoms with Crippen LogP contribution in [0, 0.1) is 16.0 Å². The molecular formula is C18H21F6N3O2. The van der Waals surface area contributed by atoms with Crippen LogP contribution in [0.2, 0.25) is 0 Å². The van der Waals surface area contributed by atoms with Crippen LogP contribution in [0.5, 0.6) is 0 Å². The minimum absolute atomic E-state index is 0.00288. The second-order valence-electron chi connectivity index (χ2n) is 7.03. The number of nitrogens with one attached hydrogen (secondary N) is 1. The Bertz CT molecular complexity index is 708. The maximum atomic E-state index is 12.9. The van der Waals surface area contributed by atoms with Gasteiger partial charge in [-0.3, -0.25) is 15.1 Å². The zero-order valence-corrected chi connectivity index (χ0v) is 15.4. The Labute approximate surface area is 163 Å². The highest BCUT2D eigenvalue weighted by Crippen LogP contribution is 2.37. The molecule has 1 fully saturated rings. The van der Waals surface area contributed by atoms with Gasteiger partial charge < -0.3 is 5.32 Å². The monoisotopic (exact) mass is 425 g/mol. The second-order valence-corrected chi connectivity index (χ2v) is 7.03. The molecule has 0 bridgehead atoms. The Morgan fingerprint density at radius 3 is 2.10 bits per heavy atom. The predicted molar refractivity (Wildman–Crippen MR) is 95.4 cm³/mol. The van der Waals surface area contributed by atoms with E-state index in [1.165, 1.54) is 12.8 Å². The molecule has 0 radical (unpaired) electrons. The molecule has 2 rings (SSSR count). The minimum Gasteiger partial charge on any atom is -0.338 e. The molecule has 1 aliphatic carbocycles. The Balaban J connectivity index is 2.17. The molecule has 0 saturated heterocycles. The molecule has 0 heterocycles. The number of benzene rings is 1. The van der Waals surface area contributed by atoms with E-state index in [2.05, 4.69) is 10.3 Å². The Hall–Kier alpha value is -2.33. The molecule has 0 spiro atoms. The zero-order chi connectivity index (χ0) is 21.7. The van der Waals surface area contributed by atoms with Crippen LogP contribution in [0.3, 0.4) is 0 Å². The number of hydrogen-bond donors (Lipinski definition) is 1. The van der Waals surface area contributed by atoms with Gasteiger partial charge in [-0.1, -0.05) is 25.7 Å². The number of aliphatic imine (C=N–C) groups is 1. The first-order valence-electron chi connectivity index (χ1n) is 9.17. The number of amidine groups is 1. The van der Waals surface area contributed by atoms with Crippen molar-refractivity contribution < 1.29 is 31.3 Å². The van der Waals surface area contributed by atoms with E-state index in [0.717, 1.165) is 19.3 Å². The molecule has 0 aliphatic heterocycles. The first kappa shape index (κ1) is 23.0. The van der Waals surface area contributed by atoms with Crippen molar-refractivity contribution in [3.63, 3.8) is 0 Å². The number of nitro groups is 1. The van der Waals surface area contributed by atoms with E-state index in [1.807, 2.05) is 0 Å². The number of anilines is 1. The Morgan fingerprint density at radius 2 is 1.62 bits per heavy atom. The summed E-state index contributed by atoms with van der Waals surface area (Å²) in [6, 6.07) is 0.948. The SMILES string of the molecule is O=[N+]([O-])CC(=NCCCC1CCCC1)Nc1cc(C(F)(F)F)cc(C(F)(F)F)c1. The lowest BCUT2D eigenvalue weighted by Crippen LogP contribution is -2.23. The molecule has 1 aromatic carbocycles. The van der Waals surface area contributed by atoms with E-state index in [4.69, 9.17) is 0 Å². The third kappa shape index (κ3) is 7.54. The normalized spacial score (nSPS) is 16.3. The molecule has 0 atom stereocenters. The maximum absolute atomic E-state index is 12.9. The van der Waals surface area contributed by atoms with Gasteiger partial charge in [0, 0.05) is 17.2 Å². The van der Waals surface area contributed by atoms with Crippen LogP contribution < -0.4 is 5.32 Å². The van der Waals surface area contributed by atoms with Gasteiger partial charge in [-0.15, -0.1) is 0 Å². The summed E-state index contributed by atoms with van der Waals surface area (Å²) in [5.41, 5.74) is -3.56. The lowest BCUT2D eigenvalue weighted by Gasteiger charge is -2.15. The average molecular weight is 425 g/mol. The Morgan fingerprint density at radius 1 is 1.07 bits per heavy atom. The lowest BCUT2D eigenvalue weighted by molar-refractivity contribution is -0.463. The van der Waals surface area contributed by atoms with Gasteiger partial charge in [-0.25, -0.2) is 0 Å². The van der Waals surface area contributed by atoms with Crippen molar-refractivity contribution in [2.24, 2.45) is 10.9 Å². The van der Waals surface area contributed by atoms with Crippen molar-refractivity contribution in [1.29, 1.82) is 0 Å². The molecule has 11 heteroatoms. The predicted octanol–water partition coefficient (Wildman–Crippen LogP) is 5.78.